The molecule has 1 aromatic rings. The summed E-state index contributed by atoms with van der Waals surface area (Å²) in [7, 11) is 0. The predicted octanol–water partition coefficient (Wildman–Crippen LogP) is 0.710. The Kier molecular flexibility index (Phi) is 4.11. The molecule has 12 heavy (non-hydrogen) atoms. The van der Waals surface area contributed by atoms with Crippen molar-refractivity contribution in [3.05, 3.63) is 16.0 Å². The third-order valence-electron chi connectivity index (χ3n) is 1.35. The van der Waals surface area contributed by atoms with Gasteiger partial charge < -0.3 is 5.32 Å². The Labute approximate surface area is 85.7 Å². The molecule has 4 heteroatoms. The van der Waals surface area contributed by atoms with E-state index in [1.165, 1.54) is 0 Å². The third kappa shape index (κ3) is 3.24. The van der Waals surface area contributed by atoms with Gasteiger partial charge in [-0.05, 0) is 22.6 Å². The zero-order chi connectivity index (χ0) is 8.81. The van der Waals surface area contributed by atoms with Crippen LogP contribution < -0.4 is 5.32 Å². The van der Waals surface area contributed by atoms with Crippen LogP contribution in [0.4, 0.5) is 0 Å². The van der Waals surface area contributed by atoms with Crippen LogP contribution in [-0.4, -0.2) is 22.9 Å². The quantitative estimate of drug-likeness (QED) is 0.498. The molecule has 0 aliphatic carbocycles. The summed E-state index contributed by atoms with van der Waals surface area (Å²) < 4.78 is 3.05. The zero-order valence-corrected chi connectivity index (χ0v) is 8.78. The molecule has 0 fully saturated rings. The normalized spacial score (nSPS) is 9.67. The molecule has 1 rings (SSSR count). The number of rotatable bonds is 4. The maximum absolute atomic E-state index is 5.08. The Morgan fingerprint density at radius 2 is 2.58 bits per heavy atom. The maximum Gasteiger partial charge on any atom is 0.0623 e. The molecule has 0 atom stereocenters. The highest BCUT2D eigenvalue weighted by molar-refractivity contribution is 14.1. The first kappa shape index (κ1) is 9.55. The third-order valence-corrected chi connectivity index (χ3v) is 1.90. The smallest absolute Gasteiger partial charge is 0.0623 e. The van der Waals surface area contributed by atoms with Crippen LogP contribution in [-0.2, 0) is 6.54 Å². The molecule has 0 saturated heterocycles. The lowest BCUT2D eigenvalue weighted by molar-refractivity contribution is 0.575. The van der Waals surface area contributed by atoms with E-state index in [-0.39, 0.29) is 0 Å². The van der Waals surface area contributed by atoms with Crippen LogP contribution in [0.3, 0.4) is 0 Å². The second-order valence-corrected chi connectivity index (χ2v) is 3.55. The topological polar surface area (TPSA) is 29.9 Å². The Hall–Kier alpha value is -0.540. The molecule has 0 aromatic carbocycles. The van der Waals surface area contributed by atoms with Gasteiger partial charge in [0.1, 0.15) is 0 Å². The van der Waals surface area contributed by atoms with Crippen LogP contribution >= 0.6 is 22.6 Å². The molecule has 0 aliphatic rings. The Balaban J connectivity index is 2.21. The minimum absolute atomic E-state index is 0.623. The molecule has 0 amide bonds. The van der Waals surface area contributed by atoms with Crippen molar-refractivity contribution < 1.29 is 0 Å². The van der Waals surface area contributed by atoms with Crippen molar-refractivity contribution in [2.45, 2.75) is 6.54 Å². The van der Waals surface area contributed by atoms with Gasteiger partial charge in [0.25, 0.3) is 0 Å². The molecule has 1 heterocycles. The first-order chi connectivity index (χ1) is 5.83. The van der Waals surface area contributed by atoms with E-state index in [0.29, 0.717) is 6.54 Å². The molecule has 0 bridgehead atoms. The molecule has 0 radical (unpaired) electrons. The summed E-state index contributed by atoms with van der Waals surface area (Å²) in [6, 6.07) is 0. The van der Waals surface area contributed by atoms with Gasteiger partial charge in [0.2, 0.25) is 0 Å². The fourth-order valence-corrected chi connectivity index (χ4v) is 1.26. The number of nitrogens with one attached hydrogen (secondary N) is 1. The molecule has 64 valence electrons. The minimum Gasteiger partial charge on any atom is -0.304 e. The lowest BCUT2D eigenvalue weighted by atomic mass is 10.6. The van der Waals surface area contributed by atoms with Crippen molar-refractivity contribution in [3.63, 3.8) is 0 Å². The highest BCUT2D eigenvalue weighted by atomic mass is 127. The first-order valence-corrected chi connectivity index (χ1v) is 4.73. The Morgan fingerprint density at radius 3 is 3.17 bits per heavy atom. The number of nitrogens with zero attached hydrogens (tertiary/aromatic N) is 2. The van der Waals surface area contributed by atoms with Crippen LogP contribution in [0.5, 0.6) is 0 Å². The number of hydrogen-bond donors (Lipinski definition) is 1. The van der Waals surface area contributed by atoms with E-state index < -0.39 is 0 Å². The lowest BCUT2D eigenvalue weighted by Gasteiger charge is -2.00. The van der Waals surface area contributed by atoms with Crippen molar-refractivity contribution in [3.8, 4) is 12.3 Å². The van der Waals surface area contributed by atoms with Crippen LogP contribution in [0.25, 0.3) is 0 Å². The van der Waals surface area contributed by atoms with Gasteiger partial charge in [-0.25, -0.2) is 0 Å². The molecule has 0 aliphatic heterocycles. The van der Waals surface area contributed by atoms with Crippen molar-refractivity contribution >= 4 is 22.6 Å². The molecule has 0 saturated carbocycles. The van der Waals surface area contributed by atoms with Crippen molar-refractivity contribution in [1.29, 1.82) is 0 Å². The Bertz CT molecular complexity index is 274. The summed E-state index contributed by atoms with van der Waals surface area (Å²) in [5.74, 6) is 2.52. The zero-order valence-electron chi connectivity index (χ0n) is 6.63. The fourth-order valence-electron chi connectivity index (χ4n) is 0.815. The van der Waals surface area contributed by atoms with Gasteiger partial charge in [-0.15, -0.1) is 6.42 Å². The first-order valence-electron chi connectivity index (χ1n) is 3.65. The molecule has 0 spiro atoms. The predicted molar refractivity (Wildman–Crippen MR) is 56.6 cm³/mol. The van der Waals surface area contributed by atoms with Crippen LogP contribution in [0.2, 0.25) is 0 Å². The maximum atomic E-state index is 5.08. The van der Waals surface area contributed by atoms with E-state index >= 15 is 0 Å². The highest BCUT2D eigenvalue weighted by Gasteiger charge is 1.92. The number of halogens is 1. The summed E-state index contributed by atoms with van der Waals surface area (Å²) in [6.45, 7) is 2.35. The minimum atomic E-state index is 0.623. The van der Waals surface area contributed by atoms with Gasteiger partial charge in [0.05, 0.1) is 22.9 Å². The van der Waals surface area contributed by atoms with E-state index in [1.807, 2.05) is 17.1 Å². The summed E-state index contributed by atoms with van der Waals surface area (Å²) in [5, 5.41) is 7.22. The van der Waals surface area contributed by atoms with Gasteiger partial charge in [0.15, 0.2) is 0 Å². The number of terminal acetylenes is 1. The van der Waals surface area contributed by atoms with Crippen LogP contribution in [0, 0.1) is 15.9 Å². The SMILES string of the molecule is C#CCNCCn1cc(I)cn1. The molecule has 0 unspecified atom stereocenters. The van der Waals surface area contributed by atoms with Gasteiger partial charge in [0, 0.05) is 12.7 Å². The molecular formula is C8H10IN3. The summed E-state index contributed by atoms with van der Waals surface area (Å²) in [6.07, 6.45) is 8.91. The largest absolute Gasteiger partial charge is 0.304 e. The van der Waals surface area contributed by atoms with E-state index in [1.54, 1.807) is 0 Å². The summed E-state index contributed by atoms with van der Waals surface area (Å²) in [4.78, 5) is 0. The number of aromatic nitrogens is 2. The second kappa shape index (κ2) is 5.17. The second-order valence-electron chi connectivity index (χ2n) is 2.30. The van der Waals surface area contributed by atoms with E-state index in [0.717, 1.165) is 16.7 Å². The standard InChI is InChI=1S/C8H10IN3/c1-2-3-10-4-5-12-7-8(9)6-11-12/h1,6-7,10H,3-5H2. The molecule has 1 N–H and O–H groups in total. The lowest BCUT2D eigenvalue weighted by Crippen LogP contribution is -2.20. The molecule has 3 nitrogen and oxygen atoms in total. The molecule has 1 aromatic heterocycles. The van der Waals surface area contributed by atoms with Gasteiger partial charge in [-0.1, -0.05) is 5.92 Å². The van der Waals surface area contributed by atoms with Gasteiger partial charge in [-0.2, -0.15) is 5.10 Å². The van der Waals surface area contributed by atoms with Crippen molar-refractivity contribution in [1.82, 2.24) is 15.1 Å². The van der Waals surface area contributed by atoms with Crippen LogP contribution in [0.15, 0.2) is 12.4 Å². The number of hydrogen-bond acceptors (Lipinski definition) is 2. The molecular weight excluding hydrogens is 265 g/mol. The van der Waals surface area contributed by atoms with Gasteiger partial charge >= 0.3 is 0 Å². The summed E-state index contributed by atoms with van der Waals surface area (Å²) >= 11 is 2.23. The van der Waals surface area contributed by atoms with Crippen molar-refractivity contribution in [2.24, 2.45) is 0 Å². The average molecular weight is 275 g/mol. The summed E-state index contributed by atoms with van der Waals surface area (Å²) in [5.41, 5.74) is 0. The highest BCUT2D eigenvalue weighted by Crippen LogP contribution is 1.99. The average Bonchev–Trinajstić information content (AvgIpc) is 2.45. The van der Waals surface area contributed by atoms with Gasteiger partial charge in [-0.3, -0.25) is 4.68 Å². The van der Waals surface area contributed by atoms with E-state index in [9.17, 15) is 0 Å². The van der Waals surface area contributed by atoms with E-state index in [2.05, 4.69) is 38.9 Å². The fraction of sp³-hybridized carbons (Fsp3) is 0.375. The Morgan fingerprint density at radius 1 is 1.75 bits per heavy atom. The monoisotopic (exact) mass is 275 g/mol. The van der Waals surface area contributed by atoms with E-state index in [4.69, 9.17) is 6.42 Å². The van der Waals surface area contributed by atoms with Crippen LogP contribution in [0.1, 0.15) is 0 Å². The van der Waals surface area contributed by atoms with Crippen molar-refractivity contribution in [2.75, 3.05) is 13.1 Å².